The Hall–Kier alpha value is -0.870. The molecule has 1 aromatic carbocycles. The van der Waals surface area contributed by atoms with Crippen molar-refractivity contribution in [3.8, 4) is 0 Å². The molecule has 82 valence electrons. The Morgan fingerprint density at radius 3 is 2.53 bits per heavy atom. The van der Waals surface area contributed by atoms with E-state index in [1.807, 2.05) is 31.2 Å². The van der Waals surface area contributed by atoms with E-state index in [0.29, 0.717) is 0 Å². The second-order valence-electron chi connectivity index (χ2n) is 3.54. The third kappa shape index (κ3) is 3.32. The Balaban J connectivity index is 2.73. The van der Waals surface area contributed by atoms with Crippen molar-refractivity contribution in [2.24, 2.45) is 5.73 Å². The zero-order valence-electron chi connectivity index (χ0n) is 8.83. The summed E-state index contributed by atoms with van der Waals surface area (Å²) < 4.78 is 0.988. The van der Waals surface area contributed by atoms with E-state index in [1.54, 1.807) is 6.92 Å². The van der Waals surface area contributed by atoms with Crippen LogP contribution in [0, 0.1) is 0 Å². The minimum Gasteiger partial charge on any atom is -0.348 e. The fraction of sp³-hybridized carbons (Fsp3) is 0.364. The first kappa shape index (κ1) is 12.2. The first-order valence-electron chi connectivity index (χ1n) is 4.82. The summed E-state index contributed by atoms with van der Waals surface area (Å²) in [7, 11) is 0. The van der Waals surface area contributed by atoms with E-state index >= 15 is 0 Å². The minimum absolute atomic E-state index is 0.0425. The highest BCUT2D eigenvalue weighted by atomic mass is 79.9. The lowest BCUT2D eigenvalue weighted by Gasteiger charge is -2.17. The smallest absolute Gasteiger partial charge is 0.237 e. The number of halogens is 1. The van der Waals surface area contributed by atoms with E-state index in [0.717, 1.165) is 10.0 Å². The lowest BCUT2D eigenvalue weighted by Crippen LogP contribution is -2.39. The van der Waals surface area contributed by atoms with Crippen LogP contribution < -0.4 is 11.1 Å². The van der Waals surface area contributed by atoms with Crippen LogP contribution >= 0.6 is 15.9 Å². The minimum atomic E-state index is -0.477. The highest BCUT2D eigenvalue weighted by Gasteiger charge is 2.13. The Morgan fingerprint density at radius 1 is 1.40 bits per heavy atom. The molecule has 1 rings (SSSR count). The third-order valence-corrected chi connectivity index (χ3v) is 2.87. The molecule has 0 spiro atoms. The van der Waals surface area contributed by atoms with Crippen molar-refractivity contribution in [3.63, 3.8) is 0 Å². The predicted octanol–water partition coefficient (Wildman–Crippen LogP) is 1.97. The number of amides is 1. The molecule has 1 amide bonds. The van der Waals surface area contributed by atoms with Crippen LogP contribution in [0.25, 0.3) is 0 Å². The maximum Gasteiger partial charge on any atom is 0.237 e. The number of rotatable bonds is 3. The van der Waals surface area contributed by atoms with E-state index in [1.165, 1.54) is 0 Å². The van der Waals surface area contributed by atoms with Crippen LogP contribution in [0.1, 0.15) is 25.5 Å². The molecule has 0 saturated carbocycles. The zero-order valence-corrected chi connectivity index (χ0v) is 10.4. The van der Waals surface area contributed by atoms with Crippen molar-refractivity contribution < 1.29 is 4.79 Å². The summed E-state index contributed by atoms with van der Waals surface area (Å²) in [6.45, 7) is 3.60. The van der Waals surface area contributed by atoms with Gasteiger partial charge in [0.05, 0.1) is 12.1 Å². The fourth-order valence-electron chi connectivity index (χ4n) is 1.25. The average molecular weight is 271 g/mol. The van der Waals surface area contributed by atoms with Crippen LogP contribution in [0.3, 0.4) is 0 Å². The molecule has 0 radical (unpaired) electrons. The fourth-order valence-corrected chi connectivity index (χ4v) is 1.88. The molecule has 0 aliphatic heterocycles. The van der Waals surface area contributed by atoms with Gasteiger partial charge in [0, 0.05) is 4.47 Å². The van der Waals surface area contributed by atoms with Gasteiger partial charge in [-0.3, -0.25) is 4.79 Å². The molecule has 0 unspecified atom stereocenters. The Morgan fingerprint density at radius 2 is 2.00 bits per heavy atom. The van der Waals surface area contributed by atoms with Gasteiger partial charge in [-0.2, -0.15) is 0 Å². The number of hydrogen-bond acceptors (Lipinski definition) is 2. The van der Waals surface area contributed by atoms with E-state index in [2.05, 4.69) is 21.2 Å². The van der Waals surface area contributed by atoms with Gasteiger partial charge in [-0.15, -0.1) is 0 Å². The van der Waals surface area contributed by atoms with E-state index < -0.39 is 6.04 Å². The van der Waals surface area contributed by atoms with Crippen molar-refractivity contribution >= 4 is 21.8 Å². The van der Waals surface area contributed by atoms with Crippen LogP contribution in [0.2, 0.25) is 0 Å². The second-order valence-corrected chi connectivity index (χ2v) is 4.39. The van der Waals surface area contributed by atoms with Crippen molar-refractivity contribution in [1.29, 1.82) is 0 Å². The number of benzene rings is 1. The van der Waals surface area contributed by atoms with Gasteiger partial charge < -0.3 is 11.1 Å². The standard InChI is InChI=1S/C11H15BrN2O/c1-7(13)11(15)14-8(2)9-5-3-4-6-10(9)12/h3-8H,13H2,1-2H3,(H,14,15)/t7-,8+/m0/s1. The monoisotopic (exact) mass is 270 g/mol. The number of nitrogens with two attached hydrogens (primary N) is 1. The van der Waals surface area contributed by atoms with Crippen molar-refractivity contribution in [3.05, 3.63) is 34.3 Å². The van der Waals surface area contributed by atoms with Gasteiger partial charge in [0.15, 0.2) is 0 Å². The number of carbonyl (C=O) groups excluding carboxylic acids is 1. The molecule has 0 fully saturated rings. The molecule has 0 saturated heterocycles. The summed E-state index contributed by atoms with van der Waals surface area (Å²) in [5.41, 5.74) is 6.52. The molecular formula is C11H15BrN2O. The maximum absolute atomic E-state index is 11.4. The number of carbonyl (C=O) groups is 1. The molecule has 0 aliphatic rings. The molecule has 2 atom stereocenters. The lowest BCUT2D eigenvalue weighted by molar-refractivity contribution is -0.122. The molecule has 0 aromatic heterocycles. The van der Waals surface area contributed by atoms with Gasteiger partial charge >= 0.3 is 0 Å². The Kier molecular flexibility index (Phi) is 4.29. The predicted molar refractivity (Wildman–Crippen MR) is 64.3 cm³/mol. The summed E-state index contributed by atoms with van der Waals surface area (Å²) in [5.74, 6) is -0.141. The normalized spacial score (nSPS) is 14.4. The largest absolute Gasteiger partial charge is 0.348 e. The zero-order chi connectivity index (χ0) is 11.4. The van der Waals surface area contributed by atoms with Crippen molar-refractivity contribution in [2.45, 2.75) is 25.9 Å². The van der Waals surface area contributed by atoms with Crippen LogP contribution in [0.4, 0.5) is 0 Å². The summed E-state index contributed by atoms with van der Waals surface area (Å²) in [5, 5.41) is 2.84. The van der Waals surface area contributed by atoms with Crippen molar-refractivity contribution in [1.82, 2.24) is 5.32 Å². The van der Waals surface area contributed by atoms with E-state index in [-0.39, 0.29) is 11.9 Å². The molecule has 0 aliphatic carbocycles. The van der Waals surface area contributed by atoms with Gasteiger partial charge in [-0.05, 0) is 25.5 Å². The van der Waals surface area contributed by atoms with Gasteiger partial charge in [-0.25, -0.2) is 0 Å². The molecule has 1 aromatic rings. The number of hydrogen-bond donors (Lipinski definition) is 2. The molecular weight excluding hydrogens is 256 g/mol. The van der Waals surface area contributed by atoms with Crippen LogP contribution in [-0.2, 0) is 4.79 Å². The lowest BCUT2D eigenvalue weighted by atomic mass is 10.1. The van der Waals surface area contributed by atoms with Gasteiger partial charge in [0.25, 0.3) is 0 Å². The highest BCUT2D eigenvalue weighted by Crippen LogP contribution is 2.22. The van der Waals surface area contributed by atoms with Crippen molar-refractivity contribution in [2.75, 3.05) is 0 Å². The Bertz CT molecular complexity index is 352. The van der Waals surface area contributed by atoms with E-state index in [4.69, 9.17) is 5.73 Å². The third-order valence-electron chi connectivity index (χ3n) is 2.14. The van der Waals surface area contributed by atoms with Gasteiger partial charge in [-0.1, -0.05) is 34.1 Å². The topological polar surface area (TPSA) is 55.1 Å². The molecule has 4 heteroatoms. The van der Waals surface area contributed by atoms with E-state index in [9.17, 15) is 4.79 Å². The first-order valence-corrected chi connectivity index (χ1v) is 5.62. The molecule has 15 heavy (non-hydrogen) atoms. The molecule has 3 nitrogen and oxygen atoms in total. The second kappa shape index (κ2) is 5.28. The molecule has 0 heterocycles. The summed E-state index contributed by atoms with van der Waals surface area (Å²) in [6.07, 6.45) is 0. The quantitative estimate of drug-likeness (QED) is 0.883. The first-order chi connectivity index (χ1) is 7.02. The average Bonchev–Trinajstić information content (AvgIpc) is 2.18. The van der Waals surface area contributed by atoms with Crippen LogP contribution in [0.15, 0.2) is 28.7 Å². The number of nitrogens with one attached hydrogen (secondary N) is 1. The Labute approximate surface area is 98.2 Å². The highest BCUT2D eigenvalue weighted by molar-refractivity contribution is 9.10. The summed E-state index contributed by atoms with van der Waals surface area (Å²) >= 11 is 3.44. The van der Waals surface area contributed by atoms with Crippen LogP contribution in [-0.4, -0.2) is 11.9 Å². The maximum atomic E-state index is 11.4. The van der Waals surface area contributed by atoms with Gasteiger partial charge in [0.2, 0.25) is 5.91 Å². The van der Waals surface area contributed by atoms with Crippen LogP contribution in [0.5, 0.6) is 0 Å². The summed E-state index contributed by atoms with van der Waals surface area (Å²) in [6, 6.07) is 7.27. The summed E-state index contributed by atoms with van der Waals surface area (Å²) in [4.78, 5) is 11.4. The van der Waals surface area contributed by atoms with Gasteiger partial charge in [0.1, 0.15) is 0 Å². The SMILES string of the molecule is C[C@H](N)C(=O)N[C@H](C)c1ccccc1Br. The molecule has 0 bridgehead atoms. The molecule has 3 N–H and O–H groups in total.